The lowest BCUT2D eigenvalue weighted by atomic mass is 10.1. The maximum atomic E-state index is 12.3. The van der Waals surface area contributed by atoms with E-state index in [4.69, 9.17) is 0 Å². The molecule has 0 aliphatic heterocycles. The highest BCUT2D eigenvalue weighted by atomic mass is 32.2. The third-order valence-electron chi connectivity index (χ3n) is 4.56. The van der Waals surface area contributed by atoms with Gasteiger partial charge in [0.15, 0.2) is 10.8 Å². The fourth-order valence-electron chi connectivity index (χ4n) is 3.19. The van der Waals surface area contributed by atoms with Crippen LogP contribution in [0.3, 0.4) is 0 Å². The van der Waals surface area contributed by atoms with E-state index in [1.165, 1.54) is 22.7 Å². The minimum absolute atomic E-state index is 0.0613. The molecule has 6 heteroatoms. The second kappa shape index (κ2) is 7.04. The number of para-hydroxylation sites is 1. The van der Waals surface area contributed by atoms with Gasteiger partial charge < -0.3 is 5.32 Å². The zero-order valence-electron chi connectivity index (χ0n) is 15.5. The molecule has 0 atom stereocenters. The quantitative estimate of drug-likeness (QED) is 0.531. The Balaban J connectivity index is 1.61. The Hall–Kier alpha value is -2.86. The number of thioether (sulfide) groups is 1. The summed E-state index contributed by atoms with van der Waals surface area (Å²) in [7, 11) is 0. The van der Waals surface area contributed by atoms with Crippen LogP contribution in [-0.2, 0) is 4.79 Å². The van der Waals surface area contributed by atoms with Crippen molar-refractivity contribution in [2.75, 3.05) is 11.1 Å². The summed E-state index contributed by atoms with van der Waals surface area (Å²) in [5.41, 5.74) is 6.19. The minimum atomic E-state index is -0.0613. The van der Waals surface area contributed by atoms with Crippen LogP contribution >= 0.6 is 11.8 Å². The van der Waals surface area contributed by atoms with Gasteiger partial charge in [-0.15, -0.1) is 10.2 Å². The molecule has 2 aromatic carbocycles. The summed E-state index contributed by atoms with van der Waals surface area (Å²) in [6.07, 6.45) is 0. The second-order valence-electron chi connectivity index (χ2n) is 6.68. The van der Waals surface area contributed by atoms with Crippen molar-refractivity contribution < 1.29 is 4.79 Å². The molecule has 0 unspecified atom stereocenters. The van der Waals surface area contributed by atoms with Crippen LogP contribution in [-0.4, -0.2) is 26.3 Å². The van der Waals surface area contributed by atoms with E-state index in [-0.39, 0.29) is 11.7 Å². The summed E-state index contributed by atoms with van der Waals surface area (Å²) in [5, 5.41) is 13.4. The van der Waals surface area contributed by atoms with Crippen LogP contribution in [0.1, 0.15) is 16.7 Å². The van der Waals surface area contributed by atoms with Gasteiger partial charge in [0.1, 0.15) is 0 Å². The smallest absolute Gasteiger partial charge is 0.234 e. The number of benzene rings is 2. The lowest BCUT2D eigenvalue weighted by Gasteiger charge is -2.10. The van der Waals surface area contributed by atoms with E-state index in [0.29, 0.717) is 0 Å². The van der Waals surface area contributed by atoms with Crippen molar-refractivity contribution in [3.8, 4) is 0 Å². The topological polar surface area (TPSA) is 59.3 Å². The van der Waals surface area contributed by atoms with E-state index in [1.54, 1.807) is 0 Å². The van der Waals surface area contributed by atoms with Gasteiger partial charge in [0.25, 0.3) is 0 Å². The molecule has 4 rings (SSSR count). The summed E-state index contributed by atoms with van der Waals surface area (Å²) in [6, 6.07) is 16.1. The van der Waals surface area contributed by atoms with E-state index in [0.717, 1.165) is 33.1 Å². The third kappa shape index (κ3) is 3.40. The van der Waals surface area contributed by atoms with E-state index in [1.807, 2.05) is 41.7 Å². The van der Waals surface area contributed by atoms with Crippen molar-refractivity contribution in [2.45, 2.75) is 25.9 Å². The van der Waals surface area contributed by atoms with Crippen LogP contribution in [0.15, 0.2) is 53.7 Å². The molecule has 0 aliphatic carbocycles. The lowest BCUT2D eigenvalue weighted by molar-refractivity contribution is -0.113. The van der Waals surface area contributed by atoms with E-state index >= 15 is 0 Å². The van der Waals surface area contributed by atoms with Crippen molar-refractivity contribution in [3.05, 3.63) is 65.2 Å². The second-order valence-corrected chi connectivity index (χ2v) is 7.62. The maximum absolute atomic E-state index is 12.3. The average molecular weight is 376 g/mol. The number of fused-ring (bicyclic) bond motifs is 3. The van der Waals surface area contributed by atoms with E-state index in [9.17, 15) is 4.79 Å². The minimum Gasteiger partial charge on any atom is -0.325 e. The molecule has 1 amide bonds. The number of amides is 1. The van der Waals surface area contributed by atoms with Gasteiger partial charge >= 0.3 is 0 Å². The van der Waals surface area contributed by atoms with Crippen LogP contribution in [0.4, 0.5) is 5.69 Å². The number of aryl methyl sites for hydroxylation is 3. The Kier molecular flexibility index (Phi) is 4.58. The molecule has 0 aliphatic rings. The molecule has 5 nitrogen and oxygen atoms in total. The number of aromatic nitrogens is 3. The highest BCUT2D eigenvalue weighted by molar-refractivity contribution is 7.99. The Labute approximate surface area is 161 Å². The Morgan fingerprint density at radius 2 is 1.81 bits per heavy atom. The Morgan fingerprint density at radius 1 is 1.04 bits per heavy atom. The number of pyridine rings is 1. The van der Waals surface area contributed by atoms with Gasteiger partial charge in [-0.3, -0.25) is 9.20 Å². The first-order valence-corrected chi connectivity index (χ1v) is 9.75. The van der Waals surface area contributed by atoms with Crippen LogP contribution < -0.4 is 5.32 Å². The lowest BCUT2D eigenvalue weighted by Crippen LogP contribution is -2.14. The number of anilines is 1. The van der Waals surface area contributed by atoms with Gasteiger partial charge in [-0.1, -0.05) is 47.7 Å². The standard InChI is InChI=1S/C21H20N4OS/c1-13-7-9-16(10-8-13)22-19(26)12-27-21-24-23-18-11-15(3)17-6-4-5-14(2)20(17)25(18)21/h4-11H,12H2,1-3H3,(H,22,26). The van der Waals surface area contributed by atoms with Gasteiger partial charge in [-0.05, 0) is 50.1 Å². The molecular formula is C21H20N4OS. The Bertz CT molecular complexity index is 1150. The summed E-state index contributed by atoms with van der Waals surface area (Å²) in [6.45, 7) is 6.18. The molecule has 1 N–H and O–H groups in total. The first kappa shape index (κ1) is 17.5. The zero-order chi connectivity index (χ0) is 19.0. The normalized spacial score (nSPS) is 11.2. The van der Waals surface area contributed by atoms with Crippen molar-refractivity contribution in [2.24, 2.45) is 0 Å². The summed E-state index contributed by atoms with van der Waals surface area (Å²) in [5.74, 6) is 0.212. The number of carbonyl (C=O) groups excluding carboxylic acids is 1. The molecular weight excluding hydrogens is 356 g/mol. The van der Waals surface area contributed by atoms with Crippen LogP contribution in [0, 0.1) is 20.8 Å². The van der Waals surface area contributed by atoms with Crippen molar-refractivity contribution in [3.63, 3.8) is 0 Å². The van der Waals surface area contributed by atoms with Crippen LogP contribution in [0.2, 0.25) is 0 Å². The molecule has 27 heavy (non-hydrogen) atoms. The predicted octanol–water partition coefficient (Wildman–Crippen LogP) is 4.54. The van der Waals surface area contributed by atoms with Crippen molar-refractivity contribution >= 4 is 39.9 Å². The summed E-state index contributed by atoms with van der Waals surface area (Å²) >= 11 is 1.39. The van der Waals surface area contributed by atoms with Gasteiger partial charge in [0.2, 0.25) is 5.91 Å². The average Bonchev–Trinajstić information content (AvgIpc) is 3.05. The monoisotopic (exact) mass is 376 g/mol. The highest BCUT2D eigenvalue weighted by Gasteiger charge is 2.14. The van der Waals surface area contributed by atoms with Crippen molar-refractivity contribution in [1.82, 2.24) is 14.6 Å². The van der Waals surface area contributed by atoms with Crippen LogP contribution in [0.5, 0.6) is 0 Å². The molecule has 0 saturated carbocycles. The SMILES string of the molecule is Cc1ccc(NC(=O)CSc2nnc3cc(C)c4cccc(C)c4n23)cc1. The number of nitrogens with one attached hydrogen (secondary N) is 1. The number of nitrogens with zero attached hydrogens (tertiary/aromatic N) is 3. The molecule has 136 valence electrons. The van der Waals surface area contributed by atoms with E-state index < -0.39 is 0 Å². The number of rotatable bonds is 4. The number of hydrogen-bond acceptors (Lipinski definition) is 4. The summed E-state index contributed by atoms with van der Waals surface area (Å²) in [4.78, 5) is 12.3. The number of carbonyl (C=O) groups is 1. The first-order chi connectivity index (χ1) is 13.0. The molecule has 0 fully saturated rings. The predicted molar refractivity (Wildman–Crippen MR) is 110 cm³/mol. The summed E-state index contributed by atoms with van der Waals surface area (Å²) < 4.78 is 2.04. The maximum Gasteiger partial charge on any atom is 0.234 e. The highest BCUT2D eigenvalue weighted by Crippen LogP contribution is 2.28. The molecule has 0 saturated heterocycles. The van der Waals surface area contributed by atoms with Gasteiger partial charge in [-0.25, -0.2) is 0 Å². The van der Waals surface area contributed by atoms with Crippen molar-refractivity contribution in [1.29, 1.82) is 0 Å². The van der Waals surface area contributed by atoms with Crippen LogP contribution in [0.25, 0.3) is 16.6 Å². The Morgan fingerprint density at radius 3 is 2.59 bits per heavy atom. The van der Waals surface area contributed by atoms with Gasteiger partial charge in [-0.2, -0.15) is 0 Å². The van der Waals surface area contributed by atoms with Gasteiger partial charge in [0, 0.05) is 11.1 Å². The molecule has 4 aromatic rings. The molecule has 0 radical (unpaired) electrons. The largest absolute Gasteiger partial charge is 0.325 e. The third-order valence-corrected chi connectivity index (χ3v) is 5.49. The fraction of sp³-hybridized carbons (Fsp3) is 0.190. The van der Waals surface area contributed by atoms with E-state index in [2.05, 4.69) is 47.6 Å². The molecule has 2 aromatic heterocycles. The number of hydrogen-bond donors (Lipinski definition) is 1. The molecule has 0 spiro atoms. The molecule has 0 bridgehead atoms. The molecule has 2 heterocycles. The first-order valence-electron chi connectivity index (χ1n) is 8.76. The zero-order valence-corrected chi connectivity index (χ0v) is 16.3. The van der Waals surface area contributed by atoms with Gasteiger partial charge in [0.05, 0.1) is 11.3 Å². The fourth-order valence-corrected chi connectivity index (χ4v) is 3.93.